The molecule has 0 bridgehead atoms. The first-order valence-electron chi connectivity index (χ1n) is 15.4. The molecule has 0 saturated carbocycles. The topological polar surface area (TPSA) is 122 Å². The molecule has 2 fully saturated rings. The zero-order valence-electron chi connectivity index (χ0n) is 25.0. The Morgan fingerprint density at radius 2 is 1.80 bits per heavy atom. The molecule has 0 aliphatic carbocycles. The highest BCUT2D eigenvalue weighted by molar-refractivity contribution is 7.90. The monoisotopic (exact) mass is 642 g/mol. The summed E-state index contributed by atoms with van der Waals surface area (Å²) in [7, 11) is -3.69. The van der Waals surface area contributed by atoms with E-state index >= 15 is 0 Å². The molecule has 1 unspecified atom stereocenters. The van der Waals surface area contributed by atoms with Crippen molar-refractivity contribution in [2.45, 2.75) is 81.8 Å². The lowest BCUT2D eigenvalue weighted by Crippen LogP contribution is -2.20. The molecule has 14 heteroatoms. The van der Waals surface area contributed by atoms with Gasteiger partial charge in [-0.1, -0.05) is 6.07 Å². The van der Waals surface area contributed by atoms with Crippen molar-refractivity contribution in [2.75, 3.05) is 31.4 Å². The summed E-state index contributed by atoms with van der Waals surface area (Å²) in [6, 6.07) is 8.88. The van der Waals surface area contributed by atoms with Gasteiger partial charge in [0, 0.05) is 25.9 Å². The Hall–Kier alpha value is -3.46. The third-order valence-electron chi connectivity index (χ3n) is 8.57. The first kappa shape index (κ1) is 30.2. The first-order valence-corrected chi connectivity index (χ1v) is 17.3. The van der Waals surface area contributed by atoms with E-state index in [9.17, 15) is 17.2 Å². The highest BCUT2D eigenvalue weighted by Gasteiger charge is 2.30. The average molecular weight is 643 g/mol. The van der Waals surface area contributed by atoms with E-state index in [1.807, 2.05) is 16.8 Å². The van der Waals surface area contributed by atoms with Gasteiger partial charge >= 0.3 is 0 Å². The van der Waals surface area contributed by atoms with Crippen LogP contribution in [0.15, 0.2) is 35.2 Å². The van der Waals surface area contributed by atoms with E-state index in [1.165, 1.54) is 4.57 Å². The molecule has 11 nitrogen and oxygen atoms in total. The summed E-state index contributed by atoms with van der Waals surface area (Å²) in [5.41, 5.74) is 4.20. The van der Waals surface area contributed by atoms with Crippen LogP contribution in [0.25, 0.3) is 11.2 Å². The van der Waals surface area contributed by atoms with Crippen LogP contribution >= 0.6 is 0 Å². The van der Waals surface area contributed by atoms with Crippen LogP contribution in [0.1, 0.15) is 85.8 Å². The molecule has 2 atom stereocenters. The van der Waals surface area contributed by atoms with E-state index in [4.69, 9.17) is 24.3 Å². The predicted octanol–water partition coefficient (Wildman–Crippen LogP) is 5.77. The molecule has 3 aliphatic heterocycles. The number of imidazole rings is 1. The Bertz CT molecular complexity index is 1790. The number of rotatable bonds is 8. The number of hydrogen-bond acceptors (Lipinski definition) is 9. The minimum atomic E-state index is -3.69. The van der Waals surface area contributed by atoms with Crippen LogP contribution < -0.4 is 5.32 Å². The van der Waals surface area contributed by atoms with Crippen molar-refractivity contribution in [3.8, 4) is 0 Å². The summed E-state index contributed by atoms with van der Waals surface area (Å²) < 4.78 is 75.8. The number of benzene rings is 1. The van der Waals surface area contributed by atoms with Gasteiger partial charge in [0.25, 0.3) is 6.43 Å². The van der Waals surface area contributed by atoms with Gasteiger partial charge in [0.15, 0.2) is 21.3 Å². The number of hydrogen-bond donors (Lipinski definition) is 1. The summed E-state index contributed by atoms with van der Waals surface area (Å²) in [5, 5.41) is 7.95. The molecular formula is C31H36F2N6O5S. The van der Waals surface area contributed by atoms with Crippen molar-refractivity contribution in [1.82, 2.24) is 24.3 Å². The van der Waals surface area contributed by atoms with E-state index in [0.29, 0.717) is 62.9 Å². The van der Waals surface area contributed by atoms with Crippen LogP contribution in [-0.2, 0) is 43.6 Å². The minimum Gasteiger partial charge on any atom is -0.374 e. The number of nitrogens with zero attached hydrogens (tertiary/aromatic N) is 5. The number of sulfone groups is 1. The number of ether oxygens (including phenoxy) is 3. The molecule has 6 heterocycles. The second-order valence-electron chi connectivity index (χ2n) is 11.9. The minimum absolute atomic E-state index is 0.0894. The van der Waals surface area contributed by atoms with Gasteiger partial charge in [0.05, 0.1) is 59.2 Å². The molecule has 2 saturated heterocycles. The fraction of sp³-hybridized carbons (Fsp3) is 0.516. The van der Waals surface area contributed by atoms with Crippen LogP contribution in [0, 0.1) is 0 Å². The summed E-state index contributed by atoms with van der Waals surface area (Å²) in [4.78, 5) is 9.29. The lowest BCUT2D eigenvalue weighted by Gasteiger charge is -2.25. The molecule has 0 spiro atoms. The lowest BCUT2D eigenvalue weighted by atomic mass is 10.0. The molecule has 0 radical (unpaired) electrons. The average Bonchev–Trinajstić information content (AvgIpc) is 3.63. The normalized spacial score (nSPS) is 20.9. The van der Waals surface area contributed by atoms with E-state index < -0.39 is 28.3 Å². The van der Waals surface area contributed by atoms with Crippen molar-refractivity contribution in [3.05, 3.63) is 58.8 Å². The van der Waals surface area contributed by atoms with Gasteiger partial charge in [-0.2, -0.15) is 5.10 Å². The fourth-order valence-corrected chi connectivity index (χ4v) is 7.27. The number of halogens is 2. The van der Waals surface area contributed by atoms with Crippen LogP contribution in [0.3, 0.4) is 0 Å². The Kier molecular flexibility index (Phi) is 8.31. The zero-order chi connectivity index (χ0) is 31.1. The SMILES string of the molecule is CS(=O)(=O)c1cc([C@H]2CCCCO2)ccc1Nc1cc(Cc2cc3n(n2)CCOC3)nc2c1nc(C(F)F)n2C1CCCCO1. The maximum absolute atomic E-state index is 14.5. The third kappa shape index (κ3) is 6.20. The Morgan fingerprint density at radius 1 is 0.978 bits per heavy atom. The van der Waals surface area contributed by atoms with Gasteiger partial charge in [-0.05, 0) is 68.4 Å². The van der Waals surface area contributed by atoms with Crippen LogP contribution in [0.5, 0.6) is 0 Å². The standard InChI is InChI=1S/C31H36F2N6O5S/c1-45(40,41)26-14-19(25-6-2-4-11-43-25)8-9-23(26)35-24-17-20(15-21-16-22-18-42-13-10-38(22)37-21)34-30-28(24)36-31(29(32)33)39(30)27-7-3-5-12-44-27/h8-9,14,16-17,25,27,29H,2-7,10-13,15,18H2,1H3,(H,34,35)/t25-,27?/m1/s1. The third-order valence-corrected chi connectivity index (χ3v) is 9.70. The summed E-state index contributed by atoms with van der Waals surface area (Å²) in [5.74, 6) is -0.438. The van der Waals surface area contributed by atoms with Gasteiger partial charge in [-0.25, -0.2) is 27.2 Å². The number of pyridine rings is 1. The first-order chi connectivity index (χ1) is 21.7. The van der Waals surface area contributed by atoms with E-state index in [0.717, 1.165) is 55.3 Å². The highest BCUT2D eigenvalue weighted by atomic mass is 32.2. The van der Waals surface area contributed by atoms with Gasteiger partial charge in [0.2, 0.25) is 0 Å². The summed E-state index contributed by atoms with van der Waals surface area (Å²) in [6.07, 6.45) is 2.80. The lowest BCUT2D eigenvalue weighted by molar-refractivity contribution is -0.0363. The summed E-state index contributed by atoms with van der Waals surface area (Å²) >= 11 is 0. The molecule has 3 aromatic heterocycles. The molecule has 45 heavy (non-hydrogen) atoms. The second-order valence-corrected chi connectivity index (χ2v) is 13.9. The van der Waals surface area contributed by atoms with E-state index in [2.05, 4.69) is 10.3 Å². The summed E-state index contributed by atoms with van der Waals surface area (Å²) in [6.45, 7) is 2.77. The van der Waals surface area contributed by atoms with Crippen LogP contribution in [0.4, 0.5) is 20.2 Å². The number of nitrogens with one attached hydrogen (secondary N) is 1. The molecule has 4 aromatic rings. The zero-order valence-corrected chi connectivity index (χ0v) is 25.9. The Labute approximate surface area is 259 Å². The van der Waals surface area contributed by atoms with E-state index in [1.54, 1.807) is 18.2 Å². The second kappa shape index (κ2) is 12.4. The Morgan fingerprint density at radius 3 is 2.51 bits per heavy atom. The molecule has 3 aliphatic rings. The number of aromatic nitrogens is 5. The maximum atomic E-state index is 14.5. The maximum Gasteiger partial charge on any atom is 0.295 e. The van der Waals surface area contributed by atoms with Crippen LogP contribution in [0.2, 0.25) is 0 Å². The van der Waals surface area contributed by atoms with Crippen molar-refractivity contribution in [2.24, 2.45) is 0 Å². The van der Waals surface area contributed by atoms with Crippen molar-refractivity contribution < 1.29 is 31.4 Å². The molecule has 240 valence electrons. The van der Waals surface area contributed by atoms with Gasteiger partial charge < -0.3 is 19.5 Å². The number of alkyl halides is 2. The highest BCUT2D eigenvalue weighted by Crippen LogP contribution is 2.38. The molecule has 1 N–H and O–H groups in total. The fourth-order valence-electron chi connectivity index (χ4n) is 6.41. The van der Waals surface area contributed by atoms with Gasteiger partial charge in [0.1, 0.15) is 11.7 Å². The van der Waals surface area contributed by atoms with Gasteiger partial charge in [-0.3, -0.25) is 9.25 Å². The number of anilines is 2. The van der Waals surface area contributed by atoms with E-state index in [-0.39, 0.29) is 22.2 Å². The van der Waals surface area contributed by atoms with Crippen LogP contribution in [-0.4, -0.2) is 58.8 Å². The quantitative estimate of drug-likeness (QED) is 0.255. The van der Waals surface area contributed by atoms with Crippen molar-refractivity contribution in [3.63, 3.8) is 0 Å². The molecule has 7 rings (SSSR count). The Balaban J connectivity index is 1.35. The predicted molar refractivity (Wildman–Crippen MR) is 161 cm³/mol. The van der Waals surface area contributed by atoms with Crippen molar-refractivity contribution >= 4 is 32.4 Å². The van der Waals surface area contributed by atoms with Gasteiger partial charge in [-0.15, -0.1) is 0 Å². The smallest absolute Gasteiger partial charge is 0.295 e. The molecule has 1 aromatic carbocycles. The van der Waals surface area contributed by atoms with Crippen molar-refractivity contribution in [1.29, 1.82) is 0 Å². The molecular weight excluding hydrogens is 606 g/mol. The largest absolute Gasteiger partial charge is 0.374 e. The number of fused-ring (bicyclic) bond motifs is 2. The molecule has 0 amide bonds.